The van der Waals surface area contributed by atoms with Crippen LogP contribution in [-0.4, -0.2) is 22.8 Å². The van der Waals surface area contributed by atoms with Crippen LogP contribution in [0.4, 0.5) is 8.78 Å². The number of hydrogen-bond acceptors (Lipinski definition) is 2. The number of aromatic nitrogens is 2. The lowest BCUT2D eigenvalue weighted by Gasteiger charge is -2.13. The molecule has 0 spiro atoms. The molecule has 13 heavy (non-hydrogen) atoms. The van der Waals surface area contributed by atoms with Gasteiger partial charge in [-0.3, -0.25) is 4.68 Å². The van der Waals surface area contributed by atoms with E-state index in [9.17, 15) is 8.78 Å². The predicted molar refractivity (Wildman–Crippen MR) is 45.6 cm³/mol. The maximum absolute atomic E-state index is 12.5. The van der Waals surface area contributed by atoms with Gasteiger partial charge in [0.1, 0.15) is 6.04 Å². The lowest BCUT2D eigenvalue weighted by Crippen LogP contribution is -2.27. The van der Waals surface area contributed by atoms with Gasteiger partial charge >= 0.3 is 0 Å². The van der Waals surface area contributed by atoms with Gasteiger partial charge in [-0.05, 0) is 12.6 Å². The van der Waals surface area contributed by atoms with Crippen molar-refractivity contribution in [3.05, 3.63) is 18.0 Å². The van der Waals surface area contributed by atoms with Crippen molar-refractivity contribution in [3.63, 3.8) is 0 Å². The molecule has 0 aliphatic heterocycles. The van der Waals surface area contributed by atoms with Gasteiger partial charge in [-0.1, -0.05) is 6.92 Å². The molecule has 0 aromatic carbocycles. The lowest BCUT2D eigenvalue weighted by molar-refractivity contribution is 0.0971. The zero-order valence-corrected chi connectivity index (χ0v) is 7.67. The number of nitrogens with one attached hydrogen (secondary N) is 1. The summed E-state index contributed by atoms with van der Waals surface area (Å²) in [7, 11) is 1.71. The average Bonchev–Trinajstić information content (AvgIpc) is 2.46. The molecule has 0 amide bonds. The highest BCUT2D eigenvalue weighted by molar-refractivity contribution is 5.06. The Morgan fingerprint density at radius 2 is 2.31 bits per heavy atom. The molecule has 5 heteroatoms. The molecule has 74 valence electrons. The van der Waals surface area contributed by atoms with E-state index in [0.717, 1.165) is 0 Å². The molecule has 0 fully saturated rings. The second-order valence-corrected chi connectivity index (χ2v) is 2.78. The molecule has 3 nitrogen and oxygen atoms in total. The van der Waals surface area contributed by atoms with Crippen molar-refractivity contribution in [2.45, 2.75) is 19.4 Å². The Kier molecular flexibility index (Phi) is 3.36. The summed E-state index contributed by atoms with van der Waals surface area (Å²) < 4.78 is 26.5. The van der Waals surface area contributed by atoms with E-state index in [2.05, 4.69) is 10.4 Å². The van der Waals surface area contributed by atoms with Crippen LogP contribution in [0.2, 0.25) is 0 Å². The number of nitrogens with zero attached hydrogens (tertiary/aromatic N) is 2. The van der Waals surface area contributed by atoms with E-state index in [-0.39, 0.29) is 0 Å². The molecular formula is C8H13F2N3. The maximum Gasteiger partial charge on any atom is 0.259 e. The van der Waals surface area contributed by atoms with Crippen molar-refractivity contribution < 1.29 is 8.78 Å². The van der Waals surface area contributed by atoms with Crippen molar-refractivity contribution in [3.8, 4) is 0 Å². The van der Waals surface area contributed by atoms with Gasteiger partial charge in [0.25, 0.3) is 6.43 Å². The highest BCUT2D eigenvalue weighted by atomic mass is 19.3. The molecule has 0 radical (unpaired) electrons. The molecule has 0 bridgehead atoms. The Hall–Kier alpha value is -0.970. The number of aryl methyl sites for hydroxylation is 1. The summed E-state index contributed by atoms with van der Waals surface area (Å²) >= 11 is 0. The number of rotatable bonds is 4. The van der Waals surface area contributed by atoms with E-state index >= 15 is 0 Å². The maximum atomic E-state index is 12.5. The van der Waals surface area contributed by atoms with Gasteiger partial charge in [0, 0.05) is 13.2 Å². The Bertz CT molecular complexity index is 260. The van der Waals surface area contributed by atoms with Crippen LogP contribution in [0, 0.1) is 0 Å². The van der Waals surface area contributed by atoms with Gasteiger partial charge in [-0.2, -0.15) is 5.10 Å². The van der Waals surface area contributed by atoms with Crippen LogP contribution in [0.3, 0.4) is 0 Å². The molecule has 1 unspecified atom stereocenters. The summed E-state index contributed by atoms with van der Waals surface area (Å²) in [5.41, 5.74) is 0.388. The SMILES string of the molecule is CCNC(c1ccn(C)n1)C(F)F. The van der Waals surface area contributed by atoms with Gasteiger partial charge in [-0.15, -0.1) is 0 Å². The van der Waals surface area contributed by atoms with Gasteiger partial charge in [0.15, 0.2) is 0 Å². The van der Waals surface area contributed by atoms with Crippen molar-refractivity contribution in [1.82, 2.24) is 15.1 Å². The molecule has 0 aliphatic carbocycles. The Morgan fingerprint density at radius 3 is 2.69 bits per heavy atom. The molecule has 0 saturated heterocycles. The van der Waals surface area contributed by atoms with Gasteiger partial charge in [0.05, 0.1) is 5.69 Å². The fourth-order valence-electron chi connectivity index (χ4n) is 1.14. The zero-order valence-electron chi connectivity index (χ0n) is 7.67. The van der Waals surface area contributed by atoms with Crippen LogP contribution in [-0.2, 0) is 7.05 Å². The fourth-order valence-corrected chi connectivity index (χ4v) is 1.14. The first-order chi connectivity index (χ1) is 6.15. The zero-order chi connectivity index (χ0) is 9.84. The topological polar surface area (TPSA) is 29.9 Å². The summed E-state index contributed by atoms with van der Waals surface area (Å²) in [6.45, 7) is 2.30. The summed E-state index contributed by atoms with van der Waals surface area (Å²) in [5, 5.41) is 6.61. The molecule has 0 aliphatic rings. The summed E-state index contributed by atoms with van der Waals surface area (Å²) in [6, 6.07) is 0.644. The first-order valence-electron chi connectivity index (χ1n) is 4.16. The molecule has 1 N–H and O–H groups in total. The number of halogens is 2. The molecule has 1 aromatic rings. The third-order valence-electron chi connectivity index (χ3n) is 1.73. The minimum atomic E-state index is -2.42. The van der Waals surface area contributed by atoms with E-state index < -0.39 is 12.5 Å². The molecular weight excluding hydrogens is 176 g/mol. The van der Waals surface area contributed by atoms with Crippen LogP contribution in [0.1, 0.15) is 18.7 Å². The smallest absolute Gasteiger partial charge is 0.259 e. The van der Waals surface area contributed by atoms with Crippen LogP contribution < -0.4 is 5.32 Å². The highest BCUT2D eigenvalue weighted by Crippen LogP contribution is 2.17. The molecule has 0 saturated carbocycles. The molecule has 1 heterocycles. The minimum absolute atomic E-state index is 0.388. The predicted octanol–water partition coefficient (Wildman–Crippen LogP) is 1.34. The lowest BCUT2D eigenvalue weighted by atomic mass is 10.2. The van der Waals surface area contributed by atoms with E-state index in [1.54, 1.807) is 26.2 Å². The quantitative estimate of drug-likeness (QED) is 0.774. The molecule has 1 rings (SSSR count). The van der Waals surface area contributed by atoms with Crippen molar-refractivity contribution in [2.75, 3.05) is 6.54 Å². The third kappa shape index (κ3) is 2.48. The number of hydrogen-bond donors (Lipinski definition) is 1. The third-order valence-corrected chi connectivity index (χ3v) is 1.73. The standard InChI is InChI=1S/C8H13F2N3/c1-3-11-7(8(9)10)6-4-5-13(2)12-6/h4-5,7-8,11H,3H2,1-2H3. The van der Waals surface area contributed by atoms with E-state index in [1.165, 1.54) is 4.68 Å². The second-order valence-electron chi connectivity index (χ2n) is 2.78. The van der Waals surface area contributed by atoms with Crippen LogP contribution >= 0.6 is 0 Å². The summed E-state index contributed by atoms with van der Waals surface area (Å²) in [6.07, 6.45) is -0.767. The average molecular weight is 189 g/mol. The van der Waals surface area contributed by atoms with Gasteiger partial charge in [0.2, 0.25) is 0 Å². The first kappa shape index (κ1) is 10.1. The van der Waals surface area contributed by atoms with Crippen molar-refractivity contribution >= 4 is 0 Å². The highest BCUT2D eigenvalue weighted by Gasteiger charge is 2.23. The summed E-state index contributed by atoms with van der Waals surface area (Å²) in [4.78, 5) is 0. The fraction of sp³-hybridized carbons (Fsp3) is 0.625. The van der Waals surface area contributed by atoms with Crippen LogP contribution in [0.25, 0.3) is 0 Å². The second kappa shape index (κ2) is 4.32. The van der Waals surface area contributed by atoms with E-state index in [4.69, 9.17) is 0 Å². The monoisotopic (exact) mass is 189 g/mol. The Morgan fingerprint density at radius 1 is 1.62 bits per heavy atom. The molecule has 1 atom stereocenters. The number of alkyl halides is 2. The Labute approximate surface area is 75.7 Å². The van der Waals surface area contributed by atoms with Crippen molar-refractivity contribution in [2.24, 2.45) is 7.05 Å². The van der Waals surface area contributed by atoms with Gasteiger partial charge < -0.3 is 5.32 Å². The van der Waals surface area contributed by atoms with Gasteiger partial charge in [-0.25, -0.2) is 8.78 Å². The van der Waals surface area contributed by atoms with E-state index in [1.807, 2.05) is 0 Å². The first-order valence-corrected chi connectivity index (χ1v) is 4.16. The molecule has 1 aromatic heterocycles. The van der Waals surface area contributed by atoms with Crippen LogP contribution in [0.5, 0.6) is 0 Å². The largest absolute Gasteiger partial charge is 0.304 e. The minimum Gasteiger partial charge on any atom is -0.304 e. The van der Waals surface area contributed by atoms with Crippen LogP contribution in [0.15, 0.2) is 12.3 Å². The normalized spacial score (nSPS) is 13.6. The van der Waals surface area contributed by atoms with E-state index in [0.29, 0.717) is 12.2 Å². The van der Waals surface area contributed by atoms with Crippen molar-refractivity contribution in [1.29, 1.82) is 0 Å². The Balaban J connectivity index is 2.75. The summed E-state index contributed by atoms with van der Waals surface area (Å²) in [5.74, 6) is 0.